The lowest BCUT2D eigenvalue weighted by Crippen LogP contribution is -2.24. The molecule has 7 heteroatoms. The van der Waals surface area contributed by atoms with E-state index in [-0.39, 0.29) is 6.61 Å². The molecule has 29 heavy (non-hydrogen) atoms. The van der Waals surface area contributed by atoms with Crippen molar-refractivity contribution in [2.75, 3.05) is 26.2 Å². The molecule has 0 fully saturated rings. The first kappa shape index (κ1) is 32.5. The van der Waals surface area contributed by atoms with Crippen LogP contribution in [0.3, 0.4) is 0 Å². The van der Waals surface area contributed by atoms with E-state index in [9.17, 15) is 9.59 Å². The van der Waals surface area contributed by atoms with Gasteiger partial charge < -0.3 is 26.4 Å². The zero-order chi connectivity index (χ0) is 22.6. The third-order valence-electron chi connectivity index (χ3n) is 4.10. The van der Waals surface area contributed by atoms with Crippen LogP contribution >= 0.6 is 0 Å². The van der Waals surface area contributed by atoms with E-state index in [0.29, 0.717) is 25.9 Å². The third-order valence-corrected chi connectivity index (χ3v) is 4.10. The minimum Gasteiger partial charge on any atom is -0.481 e. The molecular weight excluding hydrogens is 372 g/mol. The van der Waals surface area contributed by atoms with Crippen LogP contribution in [0.5, 0.6) is 0 Å². The van der Waals surface area contributed by atoms with Gasteiger partial charge in [-0.25, -0.2) is 0 Å². The first-order valence-electron chi connectivity index (χ1n) is 11.4. The molecule has 0 aromatic heterocycles. The minimum atomic E-state index is -0.670. The Morgan fingerprint density at radius 1 is 0.690 bits per heavy atom. The molecule has 0 bridgehead atoms. The molecule has 0 atom stereocenters. The molecule has 0 amide bonds. The number of aliphatic carboxylic acids is 2. The number of aliphatic hydroxyl groups excluding tert-OH is 1. The van der Waals surface area contributed by atoms with Crippen molar-refractivity contribution < 1.29 is 24.9 Å². The maximum atomic E-state index is 10.1. The van der Waals surface area contributed by atoms with Crippen LogP contribution in [0.2, 0.25) is 0 Å². The van der Waals surface area contributed by atoms with Crippen molar-refractivity contribution in [3.8, 4) is 0 Å². The van der Waals surface area contributed by atoms with Gasteiger partial charge in [-0.2, -0.15) is 0 Å². The van der Waals surface area contributed by atoms with Crippen molar-refractivity contribution >= 4 is 11.9 Å². The minimum absolute atomic E-state index is 0.194. The third kappa shape index (κ3) is 46.6. The van der Waals surface area contributed by atoms with Gasteiger partial charge in [-0.05, 0) is 12.8 Å². The topological polar surface area (TPSA) is 133 Å². The average Bonchev–Trinajstić information content (AvgIpc) is 2.68. The summed E-state index contributed by atoms with van der Waals surface area (Å²) in [5, 5.41) is 27.7. The molecule has 0 spiro atoms. The summed E-state index contributed by atoms with van der Waals surface area (Å²) in [5.41, 5.74) is 5.13. The Morgan fingerprint density at radius 2 is 1.07 bits per heavy atom. The standard InChI is InChI=1S/C10H20O2.C8H16O2.C4H12N2O/c1-2-3-4-5-6-7-8-9-10(11)12;1-2-3-4-5-6-7-8(9)10;5-1-2-6-3-4-7/h2-9H2,1H3,(H,11,12);2-7H2,1H3,(H,9,10);6-7H,1-5H2. The Bertz CT molecular complexity index is 324. The fraction of sp³-hybridized carbons (Fsp3) is 0.909. The van der Waals surface area contributed by atoms with Gasteiger partial charge in [-0.1, -0.05) is 78.1 Å². The maximum absolute atomic E-state index is 10.1. The van der Waals surface area contributed by atoms with Crippen molar-refractivity contribution in [2.45, 2.75) is 104 Å². The van der Waals surface area contributed by atoms with Gasteiger partial charge in [0.25, 0.3) is 0 Å². The van der Waals surface area contributed by atoms with Crippen LogP contribution in [0.4, 0.5) is 0 Å². The maximum Gasteiger partial charge on any atom is 0.303 e. The van der Waals surface area contributed by atoms with Crippen LogP contribution in [-0.2, 0) is 9.59 Å². The van der Waals surface area contributed by atoms with Gasteiger partial charge in [-0.15, -0.1) is 0 Å². The smallest absolute Gasteiger partial charge is 0.303 e. The van der Waals surface area contributed by atoms with Crippen molar-refractivity contribution in [3.05, 3.63) is 0 Å². The summed E-state index contributed by atoms with van der Waals surface area (Å²) in [7, 11) is 0. The molecule has 7 nitrogen and oxygen atoms in total. The molecule has 0 saturated carbocycles. The lowest BCUT2D eigenvalue weighted by Gasteiger charge is -1.98. The van der Waals surface area contributed by atoms with Crippen molar-refractivity contribution in [2.24, 2.45) is 5.73 Å². The summed E-state index contributed by atoms with van der Waals surface area (Å²) in [6.07, 6.45) is 14.5. The number of unbranched alkanes of at least 4 members (excludes halogenated alkanes) is 10. The normalized spacial score (nSPS) is 9.79. The molecular formula is C22H48N2O5. The summed E-state index contributed by atoms with van der Waals surface area (Å²) >= 11 is 0. The summed E-state index contributed by atoms with van der Waals surface area (Å²) in [6.45, 7) is 6.62. The highest BCUT2D eigenvalue weighted by Crippen LogP contribution is 2.08. The number of carbonyl (C=O) groups is 2. The van der Waals surface area contributed by atoms with Crippen LogP contribution in [0, 0.1) is 0 Å². The van der Waals surface area contributed by atoms with Gasteiger partial charge in [0, 0.05) is 32.5 Å². The van der Waals surface area contributed by atoms with E-state index in [2.05, 4.69) is 19.2 Å². The Hall–Kier alpha value is -1.18. The predicted molar refractivity (Wildman–Crippen MR) is 120 cm³/mol. The second-order valence-corrected chi connectivity index (χ2v) is 7.09. The monoisotopic (exact) mass is 420 g/mol. The summed E-state index contributed by atoms with van der Waals surface area (Å²) < 4.78 is 0. The lowest BCUT2D eigenvalue weighted by atomic mass is 10.1. The predicted octanol–water partition coefficient (Wildman–Crippen LogP) is 4.17. The number of nitrogens with one attached hydrogen (secondary N) is 1. The van der Waals surface area contributed by atoms with E-state index in [0.717, 1.165) is 32.2 Å². The van der Waals surface area contributed by atoms with Gasteiger partial charge in [0.2, 0.25) is 0 Å². The van der Waals surface area contributed by atoms with Crippen molar-refractivity contribution in [1.29, 1.82) is 0 Å². The van der Waals surface area contributed by atoms with Crippen LogP contribution in [0.25, 0.3) is 0 Å². The molecule has 0 heterocycles. The quantitative estimate of drug-likeness (QED) is 0.210. The van der Waals surface area contributed by atoms with E-state index in [4.69, 9.17) is 21.1 Å². The van der Waals surface area contributed by atoms with E-state index in [1.165, 1.54) is 51.4 Å². The molecule has 0 unspecified atom stereocenters. The van der Waals surface area contributed by atoms with Crippen LogP contribution in [0.1, 0.15) is 104 Å². The number of aliphatic hydroxyl groups is 1. The zero-order valence-corrected chi connectivity index (χ0v) is 19.0. The largest absolute Gasteiger partial charge is 0.481 e. The van der Waals surface area contributed by atoms with Crippen LogP contribution in [-0.4, -0.2) is 53.5 Å². The highest BCUT2D eigenvalue weighted by Gasteiger charge is 1.96. The van der Waals surface area contributed by atoms with Crippen molar-refractivity contribution in [1.82, 2.24) is 5.32 Å². The van der Waals surface area contributed by atoms with Gasteiger partial charge >= 0.3 is 11.9 Å². The number of hydrogen-bond donors (Lipinski definition) is 5. The number of hydrogen-bond acceptors (Lipinski definition) is 5. The average molecular weight is 421 g/mol. The number of carboxylic acid groups (broad SMARTS) is 2. The number of carboxylic acids is 2. The molecule has 176 valence electrons. The molecule has 6 N–H and O–H groups in total. The summed E-state index contributed by atoms with van der Waals surface area (Å²) in [5.74, 6) is -1.33. The highest BCUT2D eigenvalue weighted by atomic mass is 16.4. The van der Waals surface area contributed by atoms with Crippen LogP contribution in [0.15, 0.2) is 0 Å². The zero-order valence-electron chi connectivity index (χ0n) is 19.0. The molecule has 0 aliphatic rings. The Morgan fingerprint density at radius 3 is 1.38 bits per heavy atom. The SMILES string of the molecule is CCCCCCCC(=O)O.CCCCCCCCCC(=O)O.NCCNCCO. The number of rotatable bonds is 18. The first-order chi connectivity index (χ1) is 14.0. The lowest BCUT2D eigenvalue weighted by molar-refractivity contribution is -0.138. The molecule has 0 aromatic rings. The van der Waals surface area contributed by atoms with E-state index in [1.807, 2.05) is 0 Å². The highest BCUT2D eigenvalue weighted by molar-refractivity contribution is 5.66. The first-order valence-corrected chi connectivity index (χ1v) is 11.4. The second-order valence-electron chi connectivity index (χ2n) is 7.09. The van der Waals surface area contributed by atoms with E-state index in [1.54, 1.807) is 0 Å². The van der Waals surface area contributed by atoms with Crippen molar-refractivity contribution in [3.63, 3.8) is 0 Å². The summed E-state index contributed by atoms with van der Waals surface area (Å²) in [4.78, 5) is 20.2. The van der Waals surface area contributed by atoms with E-state index < -0.39 is 11.9 Å². The second kappa shape index (κ2) is 31.5. The van der Waals surface area contributed by atoms with Gasteiger partial charge in [0.15, 0.2) is 0 Å². The molecule has 0 aliphatic carbocycles. The van der Waals surface area contributed by atoms with Gasteiger partial charge in [0.05, 0.1) is 6.61 Å². The Kier molecular flexibility index (Phi) is 35.3. The summed E-state index contributed by atoms with van der Waals surface area (Å²) in [6, 6.07) is 0. The Balaban J connectivity index is -0.000000362. The van der Waals surface area contributed by atoms with Gasteiger partial charge in [0.1, 0.15) is 0 Å². The number of nitrogens with two attached hydrogens (primary N) is 1. The van der Waals surface area contributed by atoms with Crippen LogP contribution < -0.4 is 11.1 Å². The van der Waals surface area contributed by atoms with E-state index >= 15 is 0 Å². The molecule has 0 saturated heterocycles. The molecule has 0 aliphatic heterocycles. The fourth-order valence-electron chi connectivity index (χ4n) is 2.42. The fourth-order valence-corrected chi connectivity index (χ4v) is 2.42. The molecule has 0 aromatic carbocycles. The van der Waals surface area contributed by atoms with Gasteiger partial charge in [-0.3, -0.25) is 9.59 Å². The molecule has 0 rings (SSSR count). The Labute approximate surface area is 178 Å². The molecule has 0 radical (unpaired) electrons.